The number of hydrogen-bond acceptors (Lipinski definition) is 7. The Morgan fingerprint density at radius 3 is 2.72 bits per heavy atom. The fraction of sp³-hybridized carbons (Fsp3) is 0.556. The zero-order chi connectivity index (χ0) is 13.0. The predicted octanol–water partition coefficient (Wildman–Crippen LogP) is -0.0639. The number of nitrogens with two attached hydrogens (primary N) is 1. The van der Waals surface area contributed by atoms with Gasteiger partial charge in [0, 0.05) is 11.8 Å². The SMILES string of the molecule is NNc1ncc(S(=O)(=O)NCC2CCCS2)cn1. The van der Waals surface area contributed by atoms with E-state index in [1.54, 1.807) is 11.8 Å². The van der Waals surface area contributed by atoms with Crippen LogP contribution in [0.25, 0.3) is 0 Å². The molecule has 1 unspecified atom stereocenters. The molecule has 0 spiro atoms. The van der Waals surface area contributed by atoms with Gasteiger partial charge < -0.3 is 0 Å². The number of sulfonamides is 1. The van der Waals surface area contributed by atoms with Crippen molar-refractivity contribution in [3.63, 3.8) is 0 Å². The molecule has 1 aromatic heterocycles. The third-order valence-electron chi connectivity index (χ3n) is 2.59. The summed E-state index contributed by atoms with van der Waals surface area (Å²) in [6.45, 7) is 0.448. The number of anilines is 1. The molecular weight excluding hydrogens is 274 g/mol. The van der Waals surface area contributed by atoms with Crippen molar-refractivity contribution in [2.45, 2.75) is 23.0 Å². The second-order valence-corrected chi connectivity index (χ2v) is 7.05. The van der Waals surface area contributed by atoms with Crippen molar-refractivity contribution in [2.24, 2.45) is 5.84 Å². The molecule has 0 bridgehead atoms. The Balaban J connectivity index is 2.00. The lowest BCUT2D eigenvalue weighted by molar-refractivity contribution is 0.578. The summed E-state index contributed by atoms with van der Waals surface area (Å²) >= 11 is 1.80. The minimum absolute atomic E-state index is 0.0458. The lowest BCUT2D eigenvalue weighted by atomic mass is 10.2. The first-order valence-corrected chi connectivity index (χ1v) is 8.05. The van der Waals surface area contributed by atoms with E-state index in [0.717, 1.165) is 18.6 Å². The van der Waals surface area contributed by atoms with Crippen molar-refractivity contribution in [3.8, 4) is 0 Å². The van der Waals surface area contributed by atoms with Crippen LogP contribution in [0.2, 0.25) is 0 Å². The molecule has 1 atom stereocenters. The van der Waals surface area contributed by atoms with Crippen molar-refractivity contribution < 1.29 is 8.42 Å². The Bertz CT molecular complexity index is 484. The monoisotopic (exact) mass is 289 g/mol. The molecule has 0 aromatic carbocycles. The zero-order valence-corrected chi connectivity index (χ0v) is 11.3. The van der Waals surface area contributed by atoms with Gasteiger partial charge in [-0.15, -0.1) is 0 Å². The minimum Gasteiger partial charge on any atom is -0.292 e. The molecule has 0 radical (unpaired) electrons. The predicted molar refractivity (Wildman–Crippen MR) is 70.5 cm³/mol. The van der Waals surface area contributed by atoms with E-state index in [4.69, 9.17) is 5.84 Å². The molecule has 2 rings (SSSR count). The maximum atomic E-state index is 11.9. The molecule has 1 saturated heterocycles. The molecule has 7 nitrogen and oxygen atoms in total. The summed E-state index contributed by atoms with van der Waals surface area (Å²) in [5, 5.41) is 0.366. The highest BCUT2D eigenvalue weighted by Gasteiger charge is 2.20. The van der Waals surface area contributed by atoms with Crippen molar-refractivity contribution in [1.29, 1.82) is 0 Å². The summed E-state index contributed by atoms with van der Waals surface area (Å²) in [4.78, 5) is 7.59. The summed E-state index contributed by atoms with van der Waals surface area (Å²) in [7, 11) is -3.53. The van der Waals surface area contributed by atoms with Gasteiger partial charge in [0.15, 0.2) is 0 Å². The molecular formula is C9H15N5O2S2. The average molecular weight is 289 g/mol. The van der Waals surface area contributed by atoms with Gasteiger partial charge in [-0.3, -0.25) is 5.43 Å². The van der Waals surface area contributed by atoms with E-state index >= 15 is 0 Å². The van der Waals surface area contributed by atoms with E-state index < -0.39 is 10.0 Å². The Kier molecular flexibility index (Phi) is 4.38. The topological polar surface area (TPSA) is 110 Å². The number of hydrazine groups is 1. The van der Waals surface area contributed by atoms with Crippen LogP contribution in [-0.4, -0.2) is 35.9 Å². The first kappa shape index (κ1) is 13.5. The second kappa shape index (κ2) is 5.83. The number of hydrogen-bond donors (Lipinski definition) is 3. The summed E-state index contributed by atoms with van der Waals surface area (Å²) in [5.74, 6) is 6.39. The molecule has 4 N–H and O–H groups in total. The molecule has 18 heavy (non-hydrogen) atoms. The van der Waals surface area contributed by atoms with Gasteiger partial charge in [0.05, 0.1) is 12.4 Å². The molecule has 2 heterocycles. The lowest BCUT2D eigenvalue weighted by Gasteiger charge is -2.10. The van der Waals surface area contributed by atoms with Crippen LogP contribution in [0.1, 0.15) is 12.8 Å². The molecule has 100 valence electrons. The number of rotatable bonds is 5. The highest BCUT2D eigenvalue weighted by atomic mass is 32.2. The fourth-order valence-electron chi connectivity index (χ4n) is 1.62. The number of nitrogens with zero attached hydrogens (tertiary/aromatic N) is 2. The first-order chi connectivity index (χ1) is 8.62. The van der Waals surface area contributed by atoms with Crippen LogP contribution in [0.15, 0.2) is 17.3 Å². The average Bonchev–Trinajstić information content (AvgIpc) is 2.90. The normalized spacial score (nSPS) is 19.9. The molecule has 0 aliphatic carbocycles. The number of thioether (sulfide) groups is 1. The van der Waals surface area contributed by atoms with Crippen LogP contribution in [0.3, 0.4) is 0 Å². The number of aromatic nitrogens is 2. The maximum absolute atomic E-state index is 11.9. The van der Waals surface area contributed by atoms with E-state index in [-0.39, 0.29) is 10.8 Å². The quantitative estimate of drug-likeness (QED) is 0.514. The van der Waals surface area contributed by atoms with Crippen molar-refractivity contribution in [1.82, 2.24) is 14.7 Å². The summed E-state index contributed by atoms with van der Waals surface area (Å²) in [6.07, 6.45) is 4.66. The largest absolute Gasteiger partial charge is 0.292 e. The standard InChI is InChI=1S/C9H15N5O2S2/c10-14-9-11-5-8(6-12-9)18(15,16)13-4-7-2-1-3-17-7/h5-7,13H,1-4,10H2,(H,11,12,14). The molecule has 0 amide bonds. The maximum Gasteiger partial charge on any atom is 0.243 e. The van der Waals surface area contributed by atoms with E-state index in [0.29, 0.717) is 11.8 Å². The molecule has 1 fully saturated rings. The lowest BCUT2D eigenvalue weighted by Crippen LogP contribution is -2.30. The van der Waals surface area contributed by atoms with Crippen molar-refractivity contribution >= 4 is 27.7 Å². The van der Waals surface area contributed by atoms with Crippen molar-refractivity contribution in [3.05, 3.63) is 12.4 Å². The number of nitrogen functional groups attached to an aromatic ring is 1. The van der Waals surface area contributed by atoms with Crippen LogP contribution >= 0.6 is 11.8 Å². The van der Waals surface area contributed by atoms with Gasteiger partial charge in [0.1, 0.15) is 4.90 Å². The Hall–Kier alpha value is -0.900. The van der Waals surface area contributed by atoms with Gasteiger partial charge in [-0.25, -0.2) is 29.0 Å². The summed E-state index contributed by atoms with van der Waals surface area (Å²) < 4.78 is 26.4. The second-order valence-electron chi connectivity index (χ2n) is 3.87. The van der Waals surface area contributed by atoms with Gasteiger partial charge in [-0.05, 0) is 18.6 Å². The highest BCUT2D eigenvalue weighted by Crippen LogP contribution is 2.25. The van der Waals surface area contributed by atoms with Crippen LogP contribution < -0.4 is 16.0 Å². The Labute approximate surface area is 110 Å². The molecule has 1 aromatic rings. The van der Waals surface area contributed by atoms with Gasteiger partial charge in [0.2, 0.25) is 16.0 Å². The van der Waals surface area contributed by atoms with Crippen LogP contribution in [-0.2, 0) is 10.0 Å². The summed E-state index contributed by atoms with van der Waals surface area (Å²) in [6, 6.07) is 0. The van der Waals surface area contributed by atoms with Gasteiger partial charge in [-0.1, -0.05) is 0 Å². The van der Waals surface area contributed by atoms with Crippen molar-refractivity contribution in [2.75, 3.05) is 17.7 Å². The highest BCUT2D eigenvalue weighted by molar-refractivity contribution is 8.00. The minimum atomic E-state index is -3.53. The van der Waals surface area contributed by atoms with Crippen LogP contribution in [0.5, 0.6) is 0 Å². The van der Waals surface area contributed by atoms with E-state index in [2.05, 4.69) is 20.1 Å². The molecule has 1 aliphatic rings. The van der Waals surface area contributed by atoms with Gasteiger partial charge in [0.25, 0.3) is 0 Å². The molecule has 9 heteroatoms. The smallest absolute Gasteiger partial charge is 0.243 e. The zero-order valence-electron chi connectivity index (χ0n) is 9.67. The Morgan fingerprint density at radius 2 is 2.17 bits per heavy atom. The first-order valence-electron chi connectivity index (χ1n) is 5.52. The summed E-state index contributed by atoms with van der Waals surface area (Å²) in [5.41, 5.74) is 2.24. The van der Waals surface area contributed by atoms with E-state index in [1.807, 2.05) is 0 Å². The molecule has 1 aliphatic heterocycles. The van der Waals surface area contributed by atoms with Gasteiger partial charge >= 0.3 is 0 Å². The molecule has 0 saturated carbocycles. The van der Waals surface area contributed by atoms with Crippen LogP contribution in [0.4, 0.5) is 5.95 Å². The van der Waals surface area contributed by atoms with Gasteiger partial charge in [-0.2, -0.15) is 11.8 Å². The Morgan fingerprint density at radius 1 is 1.44 bits per heavy atom. The van der Waals surface area contributed by atoms with E-state index in [1.165, 1.54) is 12.4 Å². The third-order valence-corrected chi connectivity index (χ3v) is 5.37. The van der Waals surface area contributed by atoms with E-state index in [9.17, 15) is 8.42 Å². The van der Waals surface area contributed by atoms with Crippen LogP contribution in [0, 0.1) is 0 Å². The third kappa shape index (κ3) is 3.31. The number of nitrogens with one attached hydrogen (secondary N) is 2. The fourth-order valence-corrected chi connectivity index (χ4v) is 3.90.